The fraction of sp³-hybridized carbons (Fsp3) is 0.333. The van der Waals surface area contributed by atoms with E-state index in [-0.39, 0.29) is 0 Å². The third kappa shape index (κ3) is 2.69. The lowest BCUT2D eigenvalue weighted by Crippen LogP contribution is -2.02. The first-order chi connectivity index (χ1) is 7.15. The van der Waals surface area contributed by atoms with Crippen LogP contribution >= 0.6 is 31.9 Å². The molecule has 2 aromatic heterocycles. The van der Waals surface area contributed by atoms with Gasteiger partial charge in [-0.1, -0.05) is 0 Å². The molecule has 2 heterocycles. The Hall–Kier alpha value is -0.620. The molecule has 0 fully saturated rings. The van der Waals surface area contributed by atoms with Crippen molar-refractivity contribution in [1.82, 2.24) is 19.6 Å². The van der Waals surface area contributed by atoms with E-state index in [0.717, 1.165) is 22.2 Å². The van der Waals surface area contributed by atoms with Gasteiger partial charge in [0.2, 0.25) is 0 Å². The highest BCUT2D eigenvalue weighted by atomic mass is 79.9. The smallest absolute Gasteiger partial charge is 0.129 e. The van der Waals surface area contributed by atoms with E-state index in [0.29, 0.717) is 0 Å². The Morgan fingerprint density at radius 2 is 2.20 bits per heavy atom. The van der Waals surface area contributed by atoms with Crippen molar-refractivity contribution in [3.8, 4) is 0 Å². The van der Waals surface area contributed by atoms with Crippen molar-refractivity contribution in [2.75, 3.05) is 0 Å². The summed E-state index contributed by atoms with van der Waals surface area (Å²) in [5.74, 6) is 0. The van der Waals surface area contributed by atoms with Gasteiger partial charge in [0.1, 0.15) is 9.21 Å². The molecular formula is C9H10Br2N4. The predicted molar refractivity (Wildman–Crippen MR) is 64.5 cm³/mol. The van der Waals surface area contributed by atoms with Crippen molar-refractivity contribution in [3.05, 3.63) is 33.2 Å². The highest BCUT2D eigenvalue weighted by molar-refractivity contribution is 9.11. The molecule has 0 spiro atoms. The van der Waals surface area contributed by atoms with Gasteiger partial charge in [0, 0.05) is 25.9 Å². The minimum absolute atomic E-state index is 0.845. The van der Waals surface area contributed by atoms with Crippen LogP contribution in [0.3, 0.4) is 0 Å². The molecule has 0 atom stereocenters. The summed E-state index contributed by atoms with van der Waals surface area (Å²) >= 11 is 6.78. The Labute approximate surface area is 105 Å². The third-order valence-electron chi connectivity index (χ3n) is 2.07. The number of nitrogens with zero attached hydrogens (tertiary/aromatic N) is 4. The van der Waals surface area contributed by atoms with E-state index < -0.39 is 0 Å². The van der Waals surface area contributed by atoms with Crippen LogP contribution < -0.4 is 0 Å². The molecule has 15 heavy (non-hydrogen) atoms. The molecule has 0 radical (unpaired) electrons. The van der Waals surface area contributed by atoms with Gasteiger partial charge in [-0.05, 0) is 43.8 Å². The van der Waals surface area contributed by atoms with Crippen LogP contribution in [0, 0.1) is 0 Å². The summed E-state index contributed by atoms with van der Waals surface area (Å²) in [5, 5.41) is 8.41. The number of aryl methyl sites for hydroxylation is 3. The number of aromatic nitrogens is 4. The predicted octanol–water partition coefficient (Wildman–Crippen LogP) is 2.38. The molecule has 0 bridgehead atoms. The average Bonchev–Trinajstić information content (AvgIpc) is 2.70. The van der Waals surface area contributed by atoms with Crippen LogP contribution in [0.4, 0.5) is 0 Å². The van der Waals surface area contributed by atoms with Crippen molar-refractivity contribution in [3.63, 3.8) is 0 Å². The zero-order valence-electron chi connectivity index (χ0n) is 8.19. The first-order valence-electron chi connectivity index (χ1n) is 4.51. The van der Waals surface area contributed by atoms with E-state index in [1.54, 1.807) is 0 Å². The van der Waals surface area contributed by atoms with E-state index in [1.165, 1.54) is 5.56 Å². The van der Waals surface area contributed by atoms with E-state index in [2.05, 4.69) is 42.1 Å². The Bertz CT molecular complexity index is 460. The van der Waals surface area contributed by atoms with Gasteiger partial charge in [-0.15, -0.1) is 0 Å². The topological polar surface area (TPSA) is 35.6 Å². The maximum atomic E-state index is 4.29. The maximum Gasteiger partial charge on any atom is 0.129 e. The summed E-state index contributed by atoms with van der Waals surface area (Å²) in [7, 11) is 1.92. The number of halogens is 2. The van der Waals surface area contributed by atoms with Gasteiger partial charge in [-0.2, -0.15) is 10.2 Å². The molecule has 2 aromatic rings. The second-order valence-electron chi connectivity index (χ2n) is 3.29. The van der Waals surface area contributed by atoms with E-state index in [1.807, 2.05) is 34.9 Å². The number of rotatable bonds is 3. The maximum absolute atomic E-state index is 4.29. The minimum Gasteiger partial charge on any atom is -0.276 e. The van der Waals surface area contributed by atoms with Crippen LogP contribution in [0.5, 0.6) is 0 Å². The van der Waals surface area contributed by atoms with Crippen LogP contribution in [-0.4, -0.2) is 19.6 Å². The van der Waals surface area contributed by atoms with Crippen LogP contribution in [0.1, 0.15) is 5.56 Å². The highest BCUT2D eigenvalue weighted by Gasteiger charge is 2.03. The van der Waals surface area contributed by atoms with Gasteiger partial charge >= 0.3 is 0 Å². The zero-order valence-corrected chi connectivity index (χ0v) is 11.4. The molecule has 80 valence electrons. The fourth-order valence-corrected chi connectivity index (χ4v) is 2.55. The number of hydrogen-bond acceptors (Lipinski definition) is 2. The largest absolute Gasteiger partial charge is 0.276 e. The van der Waals surface area contributed by atoms with Crippen molar-refractivity contribution < 1.29 is 0 Å². The minimum atomic E-state index is 0.845. The second-order valence-corrected chi connectivity index (χ2v) is 4.91. The zero-order chi connectivity index (χ0) is 10.8. The van der Waals surface area contributed by atoms with E-state index in [9.17, 15) is 0 Å². The van der Waals surface area contributed by atoms with Crippen molar-refractivity contribution in [1.29, 1.82) is 0 Å². The van der Waals surface area contributed by atoms with Gasteiger partial charge in [0.25, 0.3) is 0 Å². The standard InChI is InChI=1S/C9H10Br2N4/c1-14-6-7(5-12-14)2-3-15-9(11)4-8(10)13-15/h4-6H,2-3H2,1H3. The van der Waals surface area contributed by atoms with Crippen LogP contribution in [0.15, 0.2) is 27.7 Å². The van der Waals surface area contributed by atoms with Crippen molar-refractivity contribution >= 4 is 31.9 Å². The SMILES string of the molecule is Cn1cc(CCn2nc(Br)cc2Br)cn1. The molecule has 2 rings (SSSR count). The Morgan fingerprint density at radius 3 is 2.73 bits per heavy atom. The molecule has 0 amide bonds. The van der Waals surface area contributed by atoms with Crippen molar-refractivity contribution in [2.24, 2.45) is 7.05 Å². The molecule has 4 nitrogen and oxygen atoms in total. The lowest BCUT2D eigenvalue weighted by Gasteiger charge is -2.00. The van der Waals surface area contributed by atoms with Gasteiger partial charge in [0.15, 0.2) is 0 Å². The average molecular weight is 334 g/mol. The monoisotopic (exact) mass is 332 g/mol. The van der Waals surface area contributed by atoms with Gasteiger partial charge < -0.3 is 0 Å². The van der Waals surface area contributed by atoms with E-state index in [4.69, 9.17) is 0 Å². The molecule has 0 aromatic carbocycles. The van der Waals surface area contributed by atoms with E-state index >= 15 is 0 Å². The van der Waals surface area contributed by atoms with Gasteiger partial charge in [-0.3, -0.25) is 9.36 Å². The van der Waals surface area contributed by atoms with Crippen molar-refractivity contribution in [2.45, 2.75) is 13.0 Å². The summed E-state index contributed by atoms with van der Waals surface area (Å²) in [5.41, 5.74) is 1.22. The molecule has 6 heteroatoms. The lowest BCUT2D eigenvalue weighted by atomic mass is 10.2. The van der Waals surface area contributed by atoms with Crippen LogP contribution in [0.25, 0.3) is 0 Å². The third-order valence-corrected chi connectivity index (χ3v) is 3.10. The lowest BCUT2D eigenvalue weighted by molar-refractivity contribution is 0.599. The quantitative estimate of drug-likeness (QED) is 0.864. The second kappa shape index (κ2) is 4.49. The first kappa shape index (κ1) is 10.9. The summed E-state index contributed by atoms with van der Waals surface area (Å²) in [6.07, 6.45) is 4.83. The normalized spacial score (nSPS) is 10.9. The molecule has 0 aliphatic carbocycles. The summed E-state index contributed by atoms with van der Waals surface area (Å²) in [6, 6.07) is 1.93. The van der Waals surface area contributed by atoms with Crippen LogP contribution in [-0.2, 0) is 20.0 Å². The van der Waals surface area contributed by atoms with Gasteiger partial charge in [-0.25, -0.2) is 0 Å². The molecule has 0 aliphatic rings. The molecule has 0 aliphatic heterocycles. The Morgan fingerprint density at radius 1 is 1.40 bits per heavy atom. The molecular weight excluding hydrogens is 324 g/mol. The highest BCUT2D eigenvalue weighted by Crippen LogP contribution is 2.16. The summed E-state index contributed by atoms with van der Waals surface area (Å²) < 4.78 is 5.55. The summed E-state index contributed by atoms with van der Waals surface area (Å²) in [6.45, 7) is 0.845. The first-order valence-corrected chi connectivity index (χ1v) is 6.10. The Balaban J connectivity index is 2.01. The molecule has 0 unspecified atom stereocenters. The fourth-order valence-electron chi connectivity index (χ4n) is 1.36. The number of hydrogen-bond donors (Lipinski definition) is 0. The Kier molecular flexibility index (Phi) is 3.25. The molecule has 0 N–H and O–H groups in total. The summed E-state index contributed by atoms with van der Waals surface area (Å²) in [4.78, 5) is 0. The molecule has 0 saturated carbocycles. The van der Waals surface area contributed by atoms with Crippen LogP contribution in [0.2, 0.25) is 0 Å². The van der Waals surface area contributed by atoms with Gasteiger partial charge in [0.05, 0.1) is 6.20 Å². The molecule has 0 saturated heterocycles.